The maximum Gasteiger partial charge on any atom is 0.331 e. The number of hydrogen-bond acceptors (Lipinski definition) is 5. The molecule has 0 unspecified atom stereocenters. The van der Waals surface area contributed by atoms with Gasteiger partial charge in [0.1, 0.15) is 0 Å². The van der Waals surface area contributed by atoms with Crippen LogP contribution in [0, 0.1) is 11.8 Å². The lowest BCUT2D eigenvalue weighted by Crippen LogP contribution is -2.47. The minimum absolute atomic E-state index is 0.133. The van der Waals surface area contributed by atoms with E-state index < -0.39 is 12.1 Å². The number of para-hydroxylation sites is 1. The van der Waals surface area contributed by atoms with Crippen LogP contribution in [0.2, 0.25) is 0 Å². The highest BCUT2D eigenvalue weighted by atomic mass is 16.5. The Labute approximate surface area is 167 Å². The molecule has 1 aromatic rings. The van der Waals surface area contributed by atoms with E-state index >= 15 is 0 Å². The highest BCUT2D eigenvalue weighted by Gasteiger charge is 2.29. The van der Waals surface area contributed by atoms with E-state index in [2.05, 4.69) is 19.2 Å². The second-order valence-electron chi connectivity index (χ2n) is 7.38. The number of carbonyl (C=O) groups excluding carboxylic acids is 2. The molecule has 0 spiro atoms. The van der Waals surface area contributed by atoms with Gasteiger partial charge in [-0.3, -0.25) is 4.79 Å². The molecule has 6 heteroatoms. The summed E-state index contributed by atoms with van der Waals surface area (Å²) in [6, 6.07) is 5.50. The first kappa shape index (κ1) is 21.8. The van der Waals surface area contributed by atoms with E-state index in [-0.39, 0.29) is 11.9 Å². The van der Waals surface area contributed by atoms with Crippen molar-refractivity contribution in [1.29, 1.82) is 0 Å². The predicted molar refractivity (Wildman–Crippen MR) is 108 cm³/mol. The summed E-state index contributed by atoms with van der Waals surface area (Å²) >= 11 is 0. The Morgan fingerprint density at radius 2 is 1.93 bits per heavy atom. The number of methoxy groups -OCH3 is 2. The molecule has 6 nitrogen and oxygen atoms in total. The first-order valence-electron chi connectivity index (χ1n) is 9.77. The van der Waals surface area contributed by atoms with Crippen molar-refractivity contribution in [3.63, 3.8) is 0 Å². The summed E-state index contributed by atoms with van der Waals surface area (Å²) in [6.45, 7) is 5.96. The van der Waals surface area contributed by atoms with Crippen LogP contribution in [0.15, 0.2) is 24.3 Å². The molecule has 0 aliphatic heterocycles. The molecule has 0 saturated heterocycles. The molecule has 0 heterocycles. The van der Waals surface area contributed by atoms with Crippen molar-refractivity contribution < 1.29 is 23.8 Å². The lowest BCUT2D eigenvalue weighted by atomic mass is 9.78. The molecule has 2 rings (SSSR count). The van der Waals surface area contributed by atoms with E-state index in [1.54, 1.807) is 38.3 Å². The summed E-state index contributed by atoms with van der Waals surface area (Å²) in [6.07, 6.45) is 5.28. The fourth-order valence-corrected chi connectivity index (χ4v) is 3.55. The standard InChI is InChI=1S/C22H31NO5/c1-14-8-6-10-18(15(14)2)23-22(25)16(3)28-20(24)13-12-17-9-7-11-19(26-4)21(17)27-5/h7,9,11-16,18H,6,8,10H2,1-5H3,(H,23,25)/b13-12+/t14-,15-,16-,18-/m1/s1. The number of esters is 1. The van der Waals surface area contributed by atoms with E-state index in [1.165, 1.54) is 19.6 Å². The summed E-state index contributed by atoms with van der Waals surface area (Å²) in [7, 11) is 3.08. The molecule has 0 aromatic heterocycles. The molecule has 1 amide bonds. The zero-order chi connectivity index (χ0) is 20.7. The normalized spacial score (nSPS) is 23.1. The zero-order valence-electron chi connectivity index (χ0n) is 17.4. The smallest absolute Gasteiger partial charge is 0.331 e. The lowest BCUT2D eigenvalue weighted by molar-refractivity contribution is -0.150. The van der Waals surface area contributed by atoms with Gasteiger partial charge in [-0.05, 0) is 37.3 Å². The Kier molecular flexibility index (Phi) is 7.91. The summed E-state index contributed by atoms with van der Waals surface area (Å²) in [5.41, 5.74) is 0.681. The Bertz CT molecular complexity index is 715. The molecule has 4 atom stereocenters. The molecule has 1 fully saturated rings. The average molecular weight is 389 g/mol. The van der Waals surface area contributed by atoms with Crippen LogP contribution in [-0.4, -0.2) is 38.2 Å². The van der Waals surface area contributed by atoms with Gasteiger partial charge in [-0.25, -0.2) is 4.79 Å². The van der Waals surface area contributed by atoms with Crippen molar-refractivity contribution >= 4 is 18.0 Å². The van der Waals surface area contributed by atoms with Crippen LogP contribution in [0.1, 0.15) is 45.6 Å². The minimum atomic E-state index is -0.853. The number of nitrogens with one attached hydrogen (secondary N) is 1. The molecule has 1 N–H and O–H groups in total. The lowest BCUT2D eigenvalue weighted by Gasteiger charge is -2.35. The van der Waals surface area contributed by atoms with Gasteiger partial charge in [-0.1, -0.05) is 38.8 Å². The topological polar surface area (TPSA) is 73.9 Å². The van der Waals surface area contributed by atoms with Crippen molar-refractivity contribution in [3.8, 4) is 11.5 Å². The molecular formula is C22H31NO5. The second kappa shape index (κ2) is 10.2. The molecular weight excluding hydrogens is 358 g/mol. The maximum atomic E-state index is 12.4. The average Bonchev–Trinajstić information content (AvgIpc) is 2.69. The van der Waals surface area contributed by atoms with Crippen LogP contribution in [0.25, 0.3) is 6.08 Å². The Morgan fingerprint density at radius 1 is 1.18 bits per heavy atom. The zero-order valence-corrected chi connectivity index (χ0v) is 17.4. The molecule has 0 radical (unpaired) electrons. The summed E-state index contributed by atoms with van der Waals surface area (Å²) < 4.78 is 15.8. The van der Waals surface area contributed by atoms with E-state index in [1.807, 2.05) is 0 Å². The number of amides is 1. The van der Waals surface area contributed by atoms with Gasteiger partial charge in [-0.2, -0.15) is 0 Å². The van der Waals surface area contributed by atoms with Crippen LogP contribution in [-0.2, 0) is 14.3 Å². The predicted octanol–water partition coefficient (Wildman–Crippen LogP) is 3.59. The SMILES string of the molecule is COc1cccc(/C=C/C(=O)O[C@H](C)C(=O)N[C@@H]2CCC[C@@H](C)[C@H]2C)c1OC. The van der Waals surface area contributed by atoms with E-state index in [4.69, 9.17) is 14.2 Å². The highest BCUT2D eigenvalue weighted by Crippen LogP contribution is 2.31. The summed E-state index contributed by atoms with van der Waals surface area (Å²) in [5, 5.41) is 3.03. The van der Waals surface area contributed by atoms with Crippen LogP contribution in [0.3, 0.4) is 0 Å². The number of hydrogen-bond donors (Lipinski definition) is 1. The Balaban J connectivity index is 1.93. The number of rotatable bonds is 7. The monoisotopic (exact) mass is 389 g/mol. The fourth-order valence-electron chi connectivity index (χ4n) is 3.55. The quantitative estimate of drug-likeness (QED) is 0.570. The minimum Gasteiger partial charge on any atom is -0.493 e. The number of benzene rings is 1. The first-order valence-corrected chi connectivity index (χ1v) is 9.77. The first-order chi connectivity index (χ1) is 13.4. The molecule has 1 saturated carbocycles. The van der Waals surface area contributed by atoms with Crippen LogP contribution in [0.5, 0.6) is 11.5 Å². The second-order valence-corrected chi connectivity index (χ2v) is 7.38. The van der Waals surface area contributed by atoms with Crippen LogP contribution in [0.4, 0.5) is 0 Å². The molecule has 28 heavy (non-hydrogen) atoms. The van der Waals surface area contributed by atoms with E-state index in [0.717, 1.165) is 12.8 Å². The van der Waals surface area contributed by atoms with Gasteiger partial charge in [0, 0.05) is 17.7 Å². The van der Waals surface area contributed by atoms with Crippen molar-refractivity contribution in [3.05, 3.63) is 29.8 Å². The van der Waals surface area contributed by atoms with Crippen molar-refractivity contribution in [2.45, 2.75) is 52.2 Å². The van der Waals surface area contributed by atoms with Crippen LogP contribution < -0.4 is 14.8 Å². The third-order valence-electron chi connectivity index (χ3n) is 5.53. The van der Waals surface area contributed by atoms with Gasteiger partial charge in [0.15, 0.2) is 17.6 Å². The van der Waals surface area contributed by atoms with Crippen molar-refractivity contribution in [2.24, 2.45) is 11.8 Å². The third-order valence-corrected chi connectivity index (χ3v) is 5.53. The molecule has 154 valence electrons. The van der Waals surface area contributed by atoms with Gasteiger partial charge in [-0.15, -0.1) is 0 Å². The third kappa shape index (κ3) is 5.50. The molecule has 1 aromatic carbocycles. The maximum absolute atomic E-state index is 12.4. The summed E-state index contributed by atoms with van der Waals surface area (Å²) in [5.74, 6) is 1.25. The van der Waals surface area contributed by atoms with Crippen LogP contribution >= 0.6 is 0 Å². The Morgan fingerprint density at radius 3 is 2.61 bits per heavy atom. The highest BCUT2D eigenvalue weighted by molar-refractivity contribution is 5.91. The van der Waals surface area contributed by atoms with Gasteiger partial charge in [0.25, 0.3) is 5.91 Å². The van der Waals surface area contributed by atoms with Gasteiger partial charge < -0.3 is 19.5 Å². The molecule has 0 bridgehead atoms. The van der Waals surface area contributed by atoms with Crippen molar-refractivity contribution in [1.82, 2.24) is 5.32 Å². The number of ether oxygens (including phenoxy) is 3. The fraction of sp³-hybridized carbons (Fsp3) is 0.545. The van der Waals surface area contributed by atoms with E-state index in [9.17, 15) is 9.59 Å². The van der Waals surface area contributed by atoms with Gasteiger partial charge in [0.2, 0.25) is 0 Å². The summed E-state index contributed by atoms with van der Waals surface area (Å²) in [4.78, 5) is 24.5. The number of carbonyl (C=O) groups is 2. The van der Waals surface area contributed by atoms with E-state index in [0.29, 0.717) is 28.9 Å². The Hall–Kier alpha value is -2.50. The van der Waals surface area contributed by atoms with Gasteiger partial charge >= 0.3 is 5.97 Å². The molecule has 1 aliphatic rings. The van der Waals surface area contributed by atoms with Crippen molar-refractivity contribution in [2.75, 3.05) is 14.2 Å². The largest absolute Gasteiger partial charge is 0.493 e. The molecule has 1 aliphatic carbocycles. The van der Waals surface area contributed by atoms with Gasteiger partial charge in [0.05, 0.1) is 14.2 Å².